The minimum absolute atomic E-state index is 0.144. The summed E-state index contributed by atoms with van der Waals surface area (Å²) in [7, 11) is 4.05. The number of aromatic nitrogens is 1. The van der Waals surface area contributed by atoms with Gasteiger partial charge in [0.1, 0.15) is 0 Å². The van der Waals surface area contributed by atoms with E-state index in [4.69, 9.17) is 0 Å². The number of nitrogens with zero attached hydrogens (tertiary/aromatic N) is 2. The Kier molecular flexibility index (Phi) is 4.25. The first kappa shape index (κ1) is 16.9. The molecule has 5 rings (SSSR count). The zero-order valence-electron chi connectivity index (χ0n) is 15.9. The molecular formula is C21H32N3O+. The SMILES string of the molecule is C[C@H](NC(=O)C[n+]1ccc(N(C)C)cc1)C12CC3CC(CC(C3)C1)C2. The van der Waals surface area contributed by atoms with E-state index in [1.807, 2.05) is 31.1 Å². The van der Waals surface area contributed by atoms with Crippen LogP contribution < -0.4 is 14.8 Å². The van der Waals surface area contributed by atoms with E-state index in [9.17, 15) is 4.79 Å². The largest absolute Gasteiger partial charge is 0.377 e. The highest BCUT2D eigenvalue weighted by Gasteiger charge is 2.53. The number of pyridine rings is 1. The van der Waals surface area contributed by atoms with E-state index in [0.29, 0.717) is 18.0 Å². The third kappa shape index (κ3) is 3.28. The molecule has 1 atom stereocenters. The van der Waals surface area contributed by atoms with Crippen LogP contribution in [0.3, 0.4) is 0 Å². The van der Waals surface area contributed by atoms with Gasteiger partial charge in [-0.2, -0.15) is 4.57 Å². The Hall–Kier alpha value is -1.58. The summed E-state index contributed by atoms with van der Waals surface area (Å²) in [6.45, 7) is 2.66. The van der Waals surface area contributed by atoms with Gasteiger partial charge in [-0.25, -0.2) is 0 Å². The number of rotatable bonds is 5. The van der Waals surface area contributed by atoms with Gasteiger partial charge in [-0.1, -0.05) is 0 Å². The second-order valence-electron chi connectivity index (χ2n) is 9.19. The van der Waals surface area contributed by atoms with Crippen molar-refractivity contribution >= 4 is 11.6 Å². The lowest BCUT2D eigenvalue weighted by atomic mass is 9.48. The van der Waals surface area contributed by atoms with E-state index in [2.05, 4.69) is 29.3 Å². The molecule has 4 fully saturated rings. The fraction of sp³-hybridized carbons (Fsp3) is 0.714. The molecule has 1 N–H and O–H groups in total. The zero-order chi connectivity index (χ0) is 17.6. The molecular weight excluding hydrogens is 310 g/mol. The summed E-state index contributed by atoms with van der Waals surface area (Å²) in [6, 6.07) is 4.40. The van der Waals surface area contributed by atoms with E-state index < -0.39 is 0 Å². The summed E-state index contributed by atoms with van der Waals surface area (Å²) in [5.74, 6) is 2.93. The molecule has 4 nitrogen and oxygen atoms in total. The molecule has 0 radical (unpaired) electrons. The van der Waals surface area contributed by atoms with Gasteiger partial charge in [0.2, 0.25) is 6.54 Å². The minimum atomic E-state index is 0.144. The van der Waals surface area contributed by atoms with Gasteiger partial charge < -0.3 is 10.2 Å². The van der Waals surface area contributed by atoms with Crippen molar-refractivity contribution in [3.05, 3.63) is 24.5 Å². The topological polar surface area (TPSA) is 36.2 Å². The van der Waals surface area contributed by atoms with Crippen LogP contribution in [0.25, 0.3) is 0 Å². The van der Waals surface area contributed by atoms with E-state index in [-0.39, 0.29) is 5.91 Å². The van der Waals surface area contributed by atoms with Gasteiger partial charge in [0.05, 0.1) is 0 Å². The van der Waals surface area contributed by atoms with Gasteiger partial charge in [0.15, 0.2) is 12.4 Å². The number of carbonyl (C=O) groups is 1. The number of hydrogen-bond donors (Lipinski definition) is 1. The quantitative estimate of drug-likeness (QED) is 0.835. The number of carbonyl (C=O) groups excluding carboxylic acids is 1. The van der Waals surface area contributed by atoms with Gasteiger partial charge in [-0.05, 0) is 68.6 Å². The van der Waals surface area contributed by atoms with E-state index in [1.165, 1.54) is 38.5 Å². The number of amides is 1. The molecule has 4 bridgehead atoms. The van der Waals surface area contributed by atoms with Gasteiger partial charge in [-0.15, -0.1) is 0 Å². The first-order valence-corrected chi connectivity index (χ1v) is 9.89. The highest BCUT2D eigenvalue weighted by Crippen LogP contribution is 2.61. The van der Waals surface area contributed by atoms with Gasteiger partial charge in [-0.3, -0.25) is 4.79 Å². The fourth-order valence-electron chi connectivity index (χ4n) is 6.17. The molecule has 4 aliphatic rings. The minimum Gasteiger partial charge on any atom is -0.377 e. The summed E-state index contributed by atoms with van der Waals surface area (Å²) >= 11 is 0. The standard InChI is InChI=1S/C21H31N3O/c1-15(21-11-16-8-17(12-21)10-18(9-16)13-21)22-20(25)14-24-6-4-19(5-7-24)23(2)3/h4-7,15-18H,8-14H2,1-3H3/p+1/t15-,16?,17?,18?,21?/m0/s1. The first-order chi connectivity index (χ1) is 11.9. The molecule has 0 saturated heterocycles. The summed E-state index contributed by atoms with van der Waals surface area (Å²) in [6.07, 6.45) is 12.4. The van der Waals surface area contributed by atoms with Gasteiger partial charge in [0, 0.05) is 38.0 Å². The number of hydrogen-bond acceptors (Lipinski definition) is 2. The smallest absolute Gasteiger partial charge is 0.286 e. The van der Waals surface area contributed by atoms with Crippen molar-refractivity contribution in [1.29, 1.82) is 0 Å². The molecule has 4 aliphatic carbocycles. The molecule has 1 heterocycles. The van der Waals surface area contributed by atoms with Crippen LogP contribution in [0.5, 0.6) is 0 Å². The van der Waals surface area contributed by atoms with Crippen molar-refractivity contribution in [3.63, 3.8) is 0 Å². The van der Waals surface area contributed by atoms with E-state index >= 15 is 0 Å². The van der Waals surface area contributed by atoms with Crippen molar-refractivity contribution in [2.75, 3.05) is 19.0 Å². The normalized spacial score (nSPS) is 34.0. The second-order valence-corrected chi connectivity index (χ2v) is 9.19. The van der Waals surface area contributed by atoms with Crippen LogP contribution >= 0.6 is 0 Å². The highest BCUT2D eigenvalue weighted by atomic mass is 16.2. The first-order valence-electron chi connectivity index (χ1n) is 9.89. The molecule has 1 aromatic heterocycles. The average Bonchev–Trinajstić information content (AvgIpc) is 2.54. The van der Waals surface area contributed by atoms with Gasteiger partial charge >= 0.3 is 0 Å². The van der Waals surface area contributed by atoms with Crippen LogP contribution in [0.2, 0.25) is 0 Å². The molecule has 4 saturated carbocycles. The van der Waals surface area contributed by atoms with Crippen LogP contribution in [-0.2, 0) is 11.3 Å². The van der Waals surface area contributed by atoms with Crippen molar-refractivity contribution in [1.82, 2.24) is 5.32 Å². The molecule has 0 unspecified atom stereocenters. The maximum Gasteiger partial charge on any atom is 0.286 e. The molecule has 0 spiro atoms. The van der Waals surface area contributed by atoms with Crippen molar-refractivity contribution in [2.24, 2.45) is 23.2 Å². The molecule has 1 aromatic rings. The van der Waals surface area contributed by atoms with Crippen molar-refractivity contribution in [3.8, 4) is 0 Å². The second kappa shape index (κ2) is 6.30. The lowest BCUT2D eigenvalue weighted by Crippen LogP contribution is -2.57. The highest BCUT2D eigenvalue weighted by molar-refractivity contribution is 5.74. The fourth-order valence-corrected chi connectivity index (χ4v) is 6.17. The predicted octanol–water partition coefficient (Wildman–Crippen LogP) is 2.76. The number of nitrogens with one attached hydrogen (secondary N) is 1. The Morgan fingerprint density at radius 1 is 1.16 bits per heavy atom. The number of anilines is 1. The van der Waals surface area contributed by atoms with Crippen LogP contribution in [0.15, 0.2) is 24.5 Å². The Balaban J connectivity index is 1.37. The zero-order valence-corrected chi connectivity index (χ0v) is 15.9. The Morgan fingerprint density at radius 3 is 2.16 bits per heavy atom. The Morgan fingerprint density at radius 2 is 1.68 bits per heavy atom. The lowest BCUT2D eigenvalue weighted by molar-refractivity contribution is -0.684. The predicted molar refractivity (Wildman–Crippen MR) is 99.2 cm³/mol. The molecule has 1 amide bonds. The average molecular weight is 343 g/mol. The van der Waals surface area contributed by atoms with Crippen LogP contribution in [-0.4, -0.2) is 26.0 Å². The monoisotopic (exact) mass is 342 g/mol. The lowest BCUT2D eigenvalue weighted by Gasteiger charge is -2.59. The van der Waals surface area contributed by atoms with Crippen LogP contribution in [0.1, 0.15) is 45.4 Å². The third-order valence-electron chi connectivity index (χ3n) is 7.10. The molecule has 136 valence electrons. The summed E-state index contributed by atoms with van der Waals surface area (Å²) in [4.78, 5) is 14.7. The summed E-state index contributed by atoms with van der Waals surface area (Å²) in [5.41, 5.74) is 1.53. The Labute approximate surface area is 151 Å². The van der Waals surface area contributed by atoms with Gasteiger partial charge in [0.25, 0.3) is 5.91 Å². The van der Waals surface area contributed by atoms with Crippen LogP contribution in [0, 0.1) is 23.2 Å². The third-order valence-corrected chi connectivity index (χ3v) is 7.10. The van der Waals surface area contributed by atoms with E-state index in [0.717, 1.165) is 23.4 Å². The summed E-state index contributed by atoms with van der Waals surface area (Å²) < 4.78 is 1.97. The van der Waals surface area contributed by atoms with E-state index in [1.54, 1.807) is 0 Å². The maximum atomic E-state index is 12.6. The molecule has 4 heteroatoms. The molecule has 25 heavy (non-hydrogen) atoms. The maximum absolute atomic E-state index is 12.6. The molecule has 0 aliphatic heterocycles. The van der Waals surface area contributed by atoms with Crippen LogP contribution in [0.4, 0.5) is 5.69 Å². The summed E-state index contributed by atoms with van der Waals surface area (Å²) in [5, 5.41) is 3.35. The van der Waals surface area contributed by atoms with Crippen molar-refractivity contribution in [2.45, 2.75) is 58.0 Å². The van der Waals surface area contributed by atoms with Crippen molar-refractivity contribution < 1.29 is 9.36 Å². The Bertz CT molecular complexity index is 602. The molecule has 0 aromatic carbocycles.